The van der Waals surface area contributed by atoms with E-state index in [1.807, 2.05) is 10.8 Å². The van der Waals surface area contributed by atoms with Gasteiger partial charge in [0.1, 0.15) is 0 Å². The Morgan fingerprint density at radius 3 is 2.50 bits per heavy atom. The Hall–Kier alpha value is -2.29. The number of carbonyl (C=O) groups excluding carboxylic acids is 1. The molecule has 1 heterocycles. The van der Waals surface area contributed by atoms with Crippen LogP contribution in [0.2, 0.25) is 0 Å². The van der Waals surface area contributed by atoms with Crippen LogP contribution in [0.25, 0.3) is 0 Å². The number of ether oxygens (including phenoxy) is 1. The average molecular weight is 351 g/mol. The van der Waals surface area contributed by atoms with Gasteiger partial charge in [0.2, 0.25) is 0 Å². The van der Waals surface area contributed by atoms with E-state index in [9.17, 15) is 4.79 Å². The highest BCUT2D eigenvalue weighted by atomic mass is 16.5. The number of aryl methyl sites for hydroxylation is 1. The predicted octanol–water partition coefficient (Wildman–Crippen LogP) is 5.13. The van der Waals surface area contributed by atoms with Crippen molar-refractivity contribution in [3.63, 3.8) is 0 Å². The molecule has 2 aromatic rings. The first-order chi connectivity index (χ1) is 12.3. The summed E-state index contributed by atoms with van der Waals surface area (Å²) in [6.45, 7) is 10.8. The molecule has 1 aromatic heterocycles. The third-order valence-corrected chi connectivity index (χ3v) is 5.37. The van der Waals surface area contributed by atoms with Crippen LogP contribution in [0.4, 0.5) is 0 Å². The molecule has 1 fully saturated rings. The molecule has 1 aliphatic rings. The summed E-state index contributed by atoms with van der Waals surface area (Å²) in [6.07, 6.45) is 7.11. The van der Waals surface area contributed by atoms with Crippen molar-refractivity contribution in [2.45, 2.75) is 47.8 Å². The predicted molar refractivity (Wildman–Crippen MR) is 105 cm³/mol. The van der Waals surface area contributed by atoms with E-state index < -0.39 is 0 Å². The van der Waals surface area contributed by atoms with E-state index in [2.05, 4.69) is 77.2 Å². The van der Waals surface area contributed by atoms with Crippen LogP contribution in [0.15, 0.2) is 54.4 Å². The molecule has 0 spiro atoms. The second-order valence-electron chi connectivity index (χ2n) is 8.36. The van der Waals surface area contributed by atoms with Crippen LogP contribution in [-0.2, 0) is 22.7 Å². The summed E-state index contributed by atoms with van der Waals surface area (Å²) in [7, 11) is 0. The van der Waals surface area contributed by atoms with Crippen molar-refractivity contribution >= 4 is 5.97 Å². The lowest BCUT2D eigenvalue weighted by Gasteiger charge is -2.06. The zero-order valence-corrected chi connectivity index (χ0v) is 16.5. The summed E-state index contributed by atoms with van der Waals surface area (Å²) in [5, 5.41) is 0. The second kappa shape index (κ2) is 7.14. The highest BCUT2D eigenvalue weighted by Crippen LogP contribution is 2.59. The van der Waals surface area contributed by atoms with E-state index in [1.54, 1.807) is 0 Å². The highest BCUT2D eigenvalue weighted by molar-refractivity contribution is 5.78. The Bertz CT molecular complexity index is 807. The van der Waals surface area contributed by atoms with Crippen molar-refractivity contribution in [3.05, 3.63) is 71.1 Å². The number of benzene rings is 1. The van der Waals surface area contributed by atoms with Gasteiger partial charge >= 0.3 is 5.97 Å². The lowest BCUT2D eigenvalue weighted by atomic mass is 10.1. The van der Waals surface area contributed by atoms with E-state index in [-0.39, 0.29) is 24.0 Å². The molecule has 2 atom stereocenters. The van der Waals surface area contributed by atoms with E-state index in [4.69, 9.17) is 4.74 Å². The molecule has 0 saturated heterocycles. The lowest BCUT2D eigenvalue weighted by molar-refractivity contribution is -0.150. The summed E-state index contributed by atoms with van der Waals surface area (Å²) in [5.41, 5.74) is 5.03. The standard InChI is InChI=1S/C23H29NO2/c1-16(2)12-20-21(23(20,4)5)22(25)26-15-24-11-10-19(14-24)13-18-8-6-17(3)7-9-18/h6-12,14,20-21H,13,15H2,1-5H3. The first-order valence-electron chi connectivity index (χ1n) is 9.29. The molecule has 1 aliphatic carbocycles. The fourth-order valence-corrected chi connectivity index (χ4v) is 3.64. The second-order valence-corrected chi connectivity index (χ2v) is 8.36. The van der Waals surface area contributed by atoms with Crippen LogP contribution in [0.1, 0.15) is 44.4 Å². The van der Waals surface area contributed by atoms with Crippen LogP contribution in [0, 0.1) is 24.2 Å². The fourth-order valence-electron chi connectivity index (χ4n) is 3.64. The van der Waals surface area contributed by atoms with Crippen molar-refractivity contribution in [1.82, 2.24) is 4.57 Å². The smallest absolute Gasteiger partial charge is 0.311 e. The topological polar surface area (TPSA) is 31.2 Å². The number of hydrogen-bond donors (Lipinski definition) is 0. The number of carbonyl (C=O) groups is 1. The molecule has 26 heavy (non-hydrogen) atoms. The Morgan fingerprint density at radius 1 is 1.15 bits per heavy atom. The van der Waals surface area contributed by atoms with Crippen molar-refractivity contribution in [2.24, 2.45) is 17.3 Å². The summed E-state index contributed by atoms with van der Waals surface area (Å²) in [6, 6.07) is 10.7. The molecule has 138 valence electrons. The summed E-state index contributed by atoms with van der Waals surface area (Å²) < 4.78 is 7.51. The third-order valence-electron chi connectivity index (χ3n) is 5.37. The number of esters is 1. The molecule has 3 heteroatoms. The molecule has 0 N–H and O–H groups in total. The summed E-state index contributed by atoms with van der Waals surface area (Å²) in [4.78, 5) is 12.5. The molecule has 0 aliphatic heterocycles. The Morgan fingerprint density at radius 2 is 1.85 bits per heavy atom. The zero-order valence-electron chi connectivity index (χ0n) is 16.5. The molecule has 3 nitrogen and oxygen atoms in total. The van der Waals surface area contributed by atoms with E-state index in [1.165, 1.54) is 22.3 Å². The van der Waals surface area contributed by atoms with Gasteiger partial charge in [-0.1, -0.05) is 55.3 Å². The van der Waals surface area contributed by atoms with Crippen LogP contribution in [0.5, 0.6) is 0 Å². The Labute approximate surface area is 156 Å². The van der Waals surface area contributed by atoms with Gasteiger partial charge in [0.05, 0.1) is 5.92 Å². The molecule has 1 aromatic carbocycles. The van der Waals surface area contributed by atoms with Gasteiger partial charge in [0.15, 0.2) is 6.73 Å². The highest BCUT2D eigenvalue weighted by Gasteiger charge is 2.61. The van der Waals surface area contributed by atoms with Crippen LogP contribution in [-0.4, -0.2) is 10.5 Å². The maximum atomic E-state index is 12.5. The number of allylic oxidation sites excluding steroid dienone is 2. The largest absolute Gasteiger partial charge is 0.444 e. The normalized spacial score (nSPS) is 20.5. The summed E-state index contributed by atoms with van der Waals surface area (Å²) in [5.74, 6) is 0.174. The first-order valence-corrected chi connectivity index (χ1v) is 9.29. The minimum Gasteiger partial charge on any atom is -0.444 e. The fraction of sp³-hybridized carbons (Fsp3) is 0.435. The quantitative estimate of drug-likeness (QED) is 0.534. The average Bonchev–Trinajstić information content (AvgIpc) is 2.92. The number of nitrogens with zero attached hydrogens (tertiary/aromatic N) is 1. The Balaban J connectivity index is 1.54. The van der Waals surface area contributed by atoms with Gasteiger partial charge in [-0.05, 0) is 55.7 Å². The van der Waals surface area contributed by atoms with Gasteiger partial charge in [0, 0.05) is 12.4 Å². The van der Waals surface area contributed by atoms with Crippen LogP contribution < -0.4 is 0 Å². The van der Waals surface area contributed by atoms with Crippen LogP contribution >= 0.6 is 0 Å². The first kappa shape index (κ1) is 18.5. The van der Waals surface area contributed by atoms with Gasteiger partial charge < -0.3 is 9.30 Å². The SMILES string of the molecule is CC(C)=CC1C(C(=O)OCn2ccc(Cc3ccc(C)cc3)c2)C1(C)C. The minimum atomic E-state index is -0.0914. The number of rotatable bonds is 6. The van der Waals surface area contributed by atoms with E-state index in [0.717, 1.165) is 6.42 Å². The molecule has 0 bridgehead atoms. The molecular formula is C23H29NO2. The van der Waals surface area contributed by atoms with Crippen molar-refractivity contribution in [3.8, 4) is 0 Å². The maximum Gasteiger partial charge on any atom is 0.311 e. The van der Waals surface area contributed by atoms with Gasteiger partial charge in [-0.15, -0.1) is 0 Å². The number of hydrogen-bond acceptors (Lipinski definition) is 2. The zero-order chi connectivity index (χ0) is 18.9. The number of aromatic nitrogens is 1. The van der Waals surface area contributed by atoms with E-state index >= 15 is 0 Å². The van der Waals surface area contributed by atoms with Gasteiger partial charge in [-0.25, -0.2) is 0 Å². The van der Waals surface area contributed by atoms with Crippen molar-refractivity contribution in [2.75, 3.05) is 0 Å². The molecule has 0 radical (unpaired) electrons. The van der Waals surface area contributed by atoms with Gasteiger partial charge in [-0.3, -0.25) is 4.79 Å². The van der Waals surface area contributed by atoms with Gasteiger partial charge in [0.25, 0.3) is 0 Å². The summed E-state index contributed by atoms with van der Waals surface area (Å²) >= 11 is 0. The molecular weight excluding hydrogens is 322 g/mol. The monoisotopic (exact) mass is 351 g/mol. The van der Waals surface area contributed by atoms with Gasteiger partial charge in [-0.2, -0.15) is 0 Å². The molecule has 2 unspecified atom stereocenters. The maximum absolute atomic E-state index is 12.5. The lowest BCUT2D eigenvalue weighted by Crippen LogP contribution is -2.13. The van der Waals surface area contributed by atoms with Crippen molar-refractivity contribution in [1.29, 1.82) is 0 Å². The molecule has 1 saturated carbocycles. The minimum absolute atomic E-state index is 0.00163. The third kappa shape index (κ3) is 4.09. The molecule has 0 amide bonds. The van der Waals surface area contributed by atoms with E-state index in [0.29, 0.717) is 5.92 Å². The molecule has 3 rings (SSSR count). The van der Waals surface area contributed by atoms with Crippen molar-refractivity contribution < 1.29 is 9.53 Å². The van der Waals surface area contributed by atoms with Crippen LogP contribution in [0.3, 0.4) is 0 Å². The Kier molecular flexibility index (Phi) is 5.08.